The van der Waals surface area contributed by atoms with Gasteiger partial charge in [-0.05, 0) is 33.7 Å². The quantitative estimate of drug-likeness (QED) is 0.873. The first-order valence-electron chi connectivity index (χ1n) is 8.20. The van der Waals surface area contributed by atoms with Crippen molar-refractivity contribution in [1.29, 1.82) is 0 Å². The number of hydrogen-bond donors (Lipinski definition) is 2. The van der Waals surface area contributed by atoms with Crippen LogP contribution in [0.5, 0.6) is 5.75 Å². The van der Waals surface area contributed by atoms with Gasteiger partial charge in [0.15, 0.2) is 5.75 Å². The first kappa shape index (κ1) is 17.0. The maximum atomic E-state index is 11.9. The molecule has 0 saturated heterocycles. The van der Waals surface area contributed by atoms with Crippen molar-refractivity contribution in [2.24, 2.45) is 0 Å². The summed E-state index contributed by atoms with van der Waals surface area (Å²) < 4.78 is 1.86. The molecule has 1 heterocycles. The van der Waals surface area contributed by atoms with Crippen LogP contribution in [0, 0.1) is 6.92 Å². The molecule has 0 bridgehead atoms. The lowest BCUT2D eigenvalue weighted by Gasteiger charge is -2.32. The van der Waals surface area contributed by atoms with Crippen molar-refractivity contribution in [2.45, 2.75) is 71.2 Å². The number of nitrogens with zero attached hydrogens (tertiary/aromatic N) is 2. The van der Waals surface area contributed by atoms with E-state index in [2.05, 4.69) is 11.9 Å². The Kier molecular flexibility index (Phi) is 5.64. The second-order valence-corrected chi connectivity index (χ2v) is 6.61. The molecular weight excluding hydrogens is 280 g/mol. The van der Waals surface area contributed by atoms with Gasteiger partial charge in [0.05, 0.1) is 11.8 Å². The van der Waals surface area contributed by atoms with Crippen molar-refractivity contribution >= 4 is 0 Å². The number of aromatic nitrogens is 1. The van der Waals surface area contributed by atoms with Crippen molar-refractivity contribution < 1.29 is 10.2 Å². The molecule has 2 N–H and O–H groups in total. The van der Waals surface area contributed by atoms with Crippen LogP contribution >= 0.6 is 0 Å². The van der Waals surface area contributed by atoms with Crippen LogP contribution < -0.4 is 5.43 Å². The maximum absolute atomic E-state index is 11.9. The van der Waals surface area contributed by atoms with E-state index < -0.39 is 6.10 Å². The van der Waals surface area contributed by atoms with Gasteiger partial charge in [-0.2, -0.15) is 0 Å². The van der Waals surface area contributed by atoms with Crippen LogP contribution in [0.4, 0.5) is 0 Å². The molecule has 1 saturated carbocycles. The van der Waals surface area contributed by atoms with Crippen LogP contribution in [0.15, 0.2) is 10.9 Å². The Morgan fingerprint density at radius 1 is 1.36 bits per heavy atom. The van der Waals surface area contributed by atoms with Crippen molar-refractivity contribution in [2.75, 3.05) is 7.05 Å². The third-order valence-corrected chi connectivity index (χ3v) is 4.64. The molecule has 0 aliphatic heterocycles. The molecule has 1 fully saturated rings. The van der Waals surface area contributed by atoms with E-state index >= 15 is 0 Å². The highest BCUT2D eigenvalue weighted by Crippen LogP contribution is 2.25. The fourth-order valence-electron chi connectivity index (χ4n) is 3.38. The summed E-state index contributed by atoms with van der Waals surface area (Å²) in [5, 5.41) is 19.9. The highest BCUT2D eigenvalue weighted by Gasteiger charge is 2.22. The van der Waals surface area contributed by atoms with Crippen molar-refractivity contribution in [1.82, 2.24) is 9.47 Å². The lowest BCUT2D eigenvalue weighted by Crippen LogP contribution is -2.35. The highest BCUT2D eigenvalue weighted by atomic mass is 16.3. The molecule has 1 aromatic heterocycles. The highest BCUT2D eigenvalue weighted by molar-refractivity contribution is 5.30. The van der Waals surface area contributed by atoms with E-state index in [0.29, 0.717) is 24.8 Å². The van der Waals surface area contributed by atoms with Crippen LogP contribution in [0.2, 0.25) is 0 Å². The molecule has 5 heteroatoms. The molecule has 2 rings (SSSR count). The van der Waals surface area contributed by atoms with Crippen molar-refractivity contribution in [3.05, 3.63) is 27.7 Å². The Morgan fingerprint density at radius 3 is 2.59 bits per heavy atom. The van der Waals surface area contributed by atoms with Gasteiger partial charge in [-0.25, -0.2) is 0 Å². The predicted molar refractivity (Wildman–Crippen MR) is 87.1 cm³/mol. The average Bonchev–Trinajstić information content (AvgIpc) is 2.48. The van der Waals surface area contributed by atoms with Gasteiger partial charge in [0.25, 0.3) is 0 Å². The molecule has 5 nitrogen and oxygen atoms in total. The van der Waals surface area contributed by atoms with Gasteiger partial charge >= 0.3 is 0 Å². The number of aliphatic hydroxyl groups excluding tert-OH is 1. The van der Waals surface area contributed by atoms with Crippen molar-refractivity contribution in [3.63, 3.8) is 0 Å². The Morgan fingerprint density at radius 2 is 2.00 bits per heavy atom. The van der Waals surface area contributed by atoms with E-state index in [1.165, 1.54) is 38.2 Å². The van der Waals surface area contributed by atoms with Crippen LogP contribution in [0.25, 0.3) is 0 Å². The van der Waals surface area contributed by atoms with Crippen LogP contribution in [-0.2, 0) is 13.1 Å². The first-order chi connectivity index (χ1) is 10.4. The van der Waals surface area contributed by atoms with Gasteiger partial charge in [0, 0.05) is 30.9 Å². The third-order valence-electron chi connectivity index (χ3n) is 4.64. The molecule has 0 spiro atoms. The fraction of sp³-hybridized carbons (Fsp3) is 0.706. The monoisotopic (exact) mass is 308 g/mol. The lowest BCUT2D eigenvalue weighted by atomic mass is 9.94. The lowest BCUT2D eigenvalue weighted by molar-refractivity contribution is 0.158. The second kappa shape index (κ2) is 7.29. The third kappa shape index (κ3) is 3.90. The summed E-state index contributed by atoms with van der Waals surface area (Å²) in [6.07, 6.45) is 5.60. The fourth-order valence-corrected chi connectivity index (χ4v) is 3.38. The van der Waals surface area contributed by atoms with E-state index in [4.69, 9.17) is 0 Å². The number of aromatic hydroxyl groups is 1. The summed E-state index contributed by atoms with van der Waals surface area (Å²) in [6.45, 7) is 4.46. The Bertz CT molecular complexity index is 560. The topological polar surface area (TPSA) is 65.7 Å². The Labute approximate surface area is 132 Å². The van der Waals surface area contributed by atoms with E-state index in [1.54, 1.807) is 6.92 Å². The van der Waals surface area contributed by atoms with Crippen molar-refractivity contribution in [3.8, 4) is 5.75 Å². The van der Waals surface area contributed by atoms with Crippen LogP contribution in [0.1, 0.15) is 50.4 Å². The van der Waals surface area contributed by atoms with Gasteiger partial charge in [0.1, 0.15) is 0 Å². The molecule has 22 heavy (non-hydrogen) atoms. The molecule has 1 aliphatic carbocycles. The zero-order valence-electron chi connectivity index (χ0n) is 13.9. The maximum Gasteiger partial charge on any atom is 0.223 e. The molecule has 0 aromatic carbocycles. The molecule has 1 atom stereocenters. The number of pyridine rings is 1. The summed E-state index contributed by atoms with van der Waals surface area (Å²) in [5.41, 5.74) is 1.04. The SMILES string of the molecule is Cc1cc(=O)c(O)c(CN(C)C2CCCCC2)n1CC(C)O. The molecule has 124 valence electrons. The minimum absolute atomic E-state index is 0.186. The Balaban J connectivity index is 2.29. The van der Waals surface area contributed by atoms with Gasteiger partial charge in [-0.15, -0.1) is 0 Å². The van der Waals surface area contributed by atoms with Gasteiger partial charge < -0.3 is 14.8 Å². The molecule has 1 aliphatic rings. The van der Waals surface area contributed by atoms with Gasteiger partial charge in [-0.3, -0.25) is 9.69 Å². The molecule has 1 aromatic rings. The average molecular weight is 308 g/mol. The summed E-state index contributed by atoms with van der Waals surface area (Å²) >= 11 is 0. The van der Waals surface area contributed by atoms with E-state index in [0.717, 1.165) is 5.69 Å². The van der Waals surface area contributed by atoms with Gasteiger partial charge in [-0.1, -0.05) is 19.3 Å². The van der Waals surface area contributed by atoms with E-state index in [1.807, 2.05) is 11.5 Å². The minimum Gasteiger partial charge on any atom is -0.503 e. The minimum atomic E-state index is -0.528. The second-order valence-electron chi connectivity index (χ2n) is 6.61. The summed E-state index contributed by atoms with van der Waals surface area (Å²) in [4.78, 5) is 14.1. The standard InChI is InChI=1S/C17H28N2O3/c1-12-9-16(21)17(22)15(19(12)10-13(2)20)11-18(3)14-7-5-4-6-8-14/h9,13-14,20,22H,4-8,10-11H2,1-3H3. The van der Waals surface area contributed by atoms with E-state index in [9.17, 15) is 15.0 Å². The summed E-state index contributed by atoms with van der Waals surface area (Å²) in [7, 11) is 2.05. The number of rotatable bonds is 5. The number of aryl methyl sites for hydroxylation is 1. The first-order valence-corrected chi connectivity index (χ1v) is 8.20. The molecule has 0 amide bonds. The molecular formula is C17H28N2O3. The van der Waals surface area contributed by atoms with Crippen LogP contribution in [-0.4, -0.2) is 38.9 Å². The predicted octanol–water partition coefficient (Wildman–Crippen LogP) is 2.01. The summed E-state index contributed by atoms with van der Waals surface area (Å²) in [5.74, 6) is -0.186. The molecule has 1 unspecified atom stereocenters. The largest absolute Gasteiger partial charge is 0.503 e. The number of hydrogen-bond acceptors (Lipinski definition) is 4. The Hall–Kier alpha value is -1.33. The summed E-state index contributed by atoms with van der Waals surface area (Å²) in [6, 6.07) is 1.94. The zero-order chi connectivity index (χ0) is 16.3. The normalized spacial score (nSPS) is 17.9. The number of aliphatic hydroxyl groups is 1. The smallest absolute Gasteiger partial charge is 0.223 e. The van der Waals surface area contributed by atoms with E-state index in [-0.39, 0.29) is 11.2 Å². The van der Waals surface area contributed by atoms with Crippen LogP contribution in [0.3, 0.4) is 0 Å². The zero-order valence-corrected chi connectivity index (χ0v) is 13.9. The molecule has 0 radical (unpaired) electrons. The van der Waals surface area contributed by atoms with Gasteiger partial charge in [0.2, 0.25) is 5.43 Å².